The van der Waals surface area contributed by atoms with E-state index in [9.17, 15) is 33.9 Å². The SMILES string of the molecule is CN[C@@H](C)C(=S)N[C@H]1CCS[C@H]2CC(C)(C)[C@@H](C(=O)N[C@@H](C(=O)NCc3ccc(CNC(=O)[C@@H](NC(=O)[C@H]4N5C(=O)[C@H](NC(=S)[C@](C)(O)NC)CCS[C@H]5CC4(C)C)c4ccccc4)cc3)c3ccccc3)N2C1=O. The molecule has 4 heterocycles. The molecule has 4 aliphatic heterocycles. The highest BCUT2D eigenvalue weighted by Gasteiger charge is 2.56. The van der Waals surface area contributed by atoms with E-state index in [1.165, 1.54) is 6.92 Å². The summed E-state index contributed by atoms with van der Waals surface area (Å²) in [6.07, 6.45) is 2.18. The lowest BCUT2D eigenvalue weighted by atomic mass is 9.83. The quantitative estimate of drug-likeness (QED) is 0.0651. The summed E-state index contributed by atoms with van der Waals surface area (Å²) >= 11 is 14.3. The molecule has 0 aromatic heterocycles. The summed E-state index contributed by atoms with van der Waals surface area (Å²) in [5.74, 6) is -0.885. The van der Waals surface area contributed by atoms with E-state index in [4.69, 9.17) is 24.4 Å². The fraction of sp³-hybridized carbons (Fsp3) is 0.519. The number of carbonyl (C=O) groups excluding carboxylic acids is 6. The van der Waals surface area contributed by atoms with Crippen LogP contribution in [-0.4, -0.2) is 133 Å². The van der Waals surface area contributed by atoms with E-state index in [2.05, 4.69) is 42.5 Å². The second-order valence-corrected chi connectivity index (χ2v) is 24.7. The smallest absolute Gasteiger partial charge is 0.247 e. The van der Waals surface area contributed by atoms with E-state index in [0.29, 0.717) is 47.6 Å². The maximum atomic E-state index is 14.6. The minimum absolute atomic E-state index is 0.0717. The van der Waals surface area contributed by atoms with Gasteiger partial charge in [0.2, 0.25) is 35.4 Å². The van der Waals surface area contributed by atoms with Crippen LogP contribution in [0.1, 0.15) is 102 Å². The Morgan fingerprint density at radius 3 is 1.47 bits per heavy atom. The van der Waals surface area contributed by atoms with Crippen LogP contribution in [0.25, 0.3) is 0 Å². The normalized spacial score (nSPS) is 24.9. The van der Waals surface area contributed by atoms with E-state index in [1.807, 2.05) is 71.0 Å². The van der Waals surface area contributed by atoms with Crippen LogP contribution in [0.4, 0.5) is 0 Å². The second-order valence-electron chi connectivity index (χ2n) is 21.3. The van der Waals surface area contributed by atoms with Crippen LogP contribution in [0.3, 0.4) is 0 Å². The lowest BCUT2D eigenvalue weighted by Crippen LogP contribution is -2.60. The first-order valence-corrected chi connectivity index (χ1v) is 28.4. The summed E-state index contributed by atoms with van der Waals surface area (Å²) in [7, 11) is 3.37. The van der Waals surface area contributed by atoms with Gasteiger partial charge in [-0.2, -0.15) is 0 Å². The van der Waals surface area contributed by atoms with Crippen molar-refractivity contribution in [3.63, 3.8) is 0 Å². The molecule has 17 nitrogen and oxygen atoms in total. The fourth-order valence-corrected chi connectivity index (χ4v) is 13.9. The third-order valence-corrected chi connectivity index (χ3v) is 18.3. The summed E-state index contributed by atoms with van der Waals surface area (Å²) in [4.78, 5) is 89.9. The molecule has 6 amide bonds. The minimum atomic E-state index is -1.54. The highest BCUT2D eigenvalue weighted by atomic mass is 32.2. The van der Waals surface area contributed by atoms with Gasteiger partial charge in [-0.1, -0.05) is 137 Å². The largest absolute Gasteiger partial charge is 0.370 e. The highest BCUT2D eigenvalue weighted by molar-refractivity contribution is 8.00. The highest BCUT2D eigenvalue weighted by Crippen LogP contribution is 2.48. The first-order chi connectivity index (χ1) is 35.6. The number of benzene rings is 3. The molecule has 404 valence electrons. The zero-order valence-corrected chi connectivity index (χ0v) is 47.1. The van der Waals surface area contributed by atoms with Crippen LogP contribution in [-0.2, 0) is 41.9 Å². The van der Waals surface area contributed by atoms with Gasteiger partial charge in [0.15, 0.2) is 5.72 Å². The van der Waals surface area contributed by atoms with Gasteiger partial charge >= 0.3 is 0 Å². The number of aliphatic hydroxyl groups is 1. The Balaban J connectivity index is 0.996. The summed E-state index contributed by atoms with van der Waals surface area (Å²) < 4.78 is 0. The van der Waals surface area contributed by atoms with Crippen molar-refractivity contribution >= 4 is 93.4 Å². The average molecular weight is 1100 g/mol. The first-order valence-electron chi connectivity index (χ1n) is 25.5. The molecule has 21 heteroatoms. The molecule has 4 aliphatic rings. The Kier molecular flexibility index (Phi) is 18.8. The summed E-state index contributed by atoms with van der Waals surface area (Å²) in [6.45, 7) is 11.6. The van der Waals surface area contributed by atoms with Gasteiger partial charge in [0, 0.05) is 13.1 Å². The Labute approximate surface area is 459 Å². The number of hydrogen-bond acceptors (Lipinski definition) is 13. The van der Waals surface area contributed by atoms with E-state index >= 15 is 0 Å². The maximum absolute atomic E-state index is 14.6. The van der Waals surface area contributed by atoms with Crippen molar-refractivity contribution in [1.82, 2.24) is 52.3 Å². The molecule has 0 aliphatic carbocycles. The molecule has 10 atom stereocenters. The molecule has 0 bridgehead atoms. The molecule has 4 saturated heterocycles. The second kappa shape index (κ2) is 24.4. The predicted octanol–water partition coefficient (Wildman–Crippen LogP) is 3.92. The molecule has 0 spiro atoms. The molecule has 9 N–H and O–H groups in total. The maximum Gasteiger partial charge on any atom is 0.247 e. The van der Waals surface area contributed by atoms with Crippen molar-refractivity contribution in [3.8, 4) is 0 Å². The van der Waals surface area contributed by atoms with Crippen molar-refractivity contribution in [2.24, 2.45) is 10.8 Å². The number of hydrogen-bond donors (Lipinski definition) is 9. The number of rotatable bonds is 18. The molecule has 0 unspecified atom stereocenters. The van der Waals surface area contributed by atoms with Crippen molar-refractivity contribution < 1.29 is 33.9 Å². The molecular weight excluding hydrogens is 1030 g/mol. The number of thioether (sulfide) groups is 2. The van der Waals surface area contributed by atoms with Crippen LogP contribution in [0, 0.1) is 10.8 Å². The van der Waals surface area contributed by atoms with Gasteiger partial charge in [0.25, 0.3) is 0 Å². The zero-order valence-electron chi connectivity index (χ0n) is 43.9. The van der Waals surface area contributed by atoms with Gasteiger partial charge in [0.05, 0.1) is 21.8 Å². The van der Waals surface area contributed by atoms with E-state index < -0.39 is 76.4 Å². The number of thiocarbonyl (C=S) groups is 2. The van der Waals surface area contributed by atoms with Crippen LogP contribution in [0.2, 0.25) is 0 Å². The topological polar surface area (TPSA) is 225 Å². The predicted molar refractivity (Wildman–Crippen MR) is 302 cm³/mol. The number of fused-ring (bicyclic) bond motifs is 2. The van der Waals surface area contributed by atoms with Gasteiger partial charge in [-0.15, -0.1) is 23.5 Å². The lowest BCUT2D eigenvalue weighted by molar-refractivity contribution is -0.143. The summed E-state index contributed by atoms with van der Waals surface area (Å²) in [6, 6.07) is 19.9. The van der Waals surface area contributed by atoms with Crippen LogP contribution >= 0.6 is 48.0 Å². The zero-order chi connectivity index (χ0) is 54.4. The van der Waals surface area contributed by atoms with Crippen LogP contribution in [0.15, 0.2) is 84.9 Å². The molecule has 7 rings (SSSR count). The van der Waals surface area contributed by atoms with E-state index in [-0.39, 0.29) is 46.7 Å². The van der Waals surface area contributed by atoms with Crippen molar-refractivity contribution in [3.05, 3.63) is 107 Å². The third kappa shape index (κ3) is 13.3. The van der Waals surface area contributed by atoms with E-state index in [0.717, 1.165) is 16.9 Å². The third-order valence-electron chi connectivity index (χ3n) is 14.8. The van der Waals surface area contributed by atoms with Crippen molar-refractivity contribution in [2.75, 3.05) is 25.6 Å². The summed E-state index contributed by atoms with van der Waals surface area (Å²) in [5, 5.41) is 34.4. The fourth-order valence-electron chi connectivity index (χ4n) is 10.2. The van der Waals surface area contributed by atoms with Crippen LogP contribution < -0.4 is 42.5 Å². The average Bonchev–Trinajstić information content (AvgIpc) is 3.71. The number of likely N-dealkylation sites (N-methyl/N-ethyl adjacent to an activating group) is 2. The van der Waals surface area contributed by atoms with Crippen molar-refractivity contribution in [2.45, 2.75) is 139 Å². The number of nitrogens with zero attached hydrogens (tertiary/aromatic N) is 2. The first kappa shape index (κ1) is 57.5. The Morgan fingerprint density at radius 2 is 1.08 bits per heavy atom. The number of carbonyl (C=O) groups is 6. The molecule has 3 aromatic carbocycles. The van der Waals surface area contributed by atoms with E-state index in [1.54, 1.807) is 95.9 Å². The molecule has 3 aromatic rings. The molecular formula is C54H72N10O7S4. The molecule has 4 fully saturated rings. The monoisotopic (exact) mass is 1100 g/mol. The molecule has 0 saturated carbocycles. The minimum Gasteiger partial charge on any atom is -0.370 e. The van der Waals surface area contributed by atoms with Gasteiger partial charge in [-0.05, 0) is 98.2 Å². The molecule has 75 heavy (non-hydrogen) atoms. The van der Waals surface area contributed by atoms with Gasteiger partial charge < -0.3 is 52.1 Å². The van der Waals surface area contributed by atoms with Gasteiger partial charge in [-0.3, -0.25) is 34.1 Å². The number of nitrogens with one attached hydrogen (secondary N) is 8. The molecule has 0 radical (unpaired) electrons. The van der Waals surface area contributed by atoms with Gasteiger partial charge in [-0.25, -0.2) is 0 Å². The Bertz CT molecular complexity index is 2590. The lowest BCUT2D eigenvalue weighted by Gasteiger charge is -2.35. The Hall–Kier alpha value is -5.16. The van der Waals surface area contributed by atoms with Crippen molar-refractivity contribution in [1.29, 1.82) is 0 Å². The standard InChI is InChI=1S/C54H72N10O7S4/c1-31(55-7)48(72)59-36-23-25-74-38-27-52(2,3)42(63(38)49(36)69)46(67)61-40(34-15-11-9-12-16-34)44(65)57-29-32-19-21-33(22-20-32)30-58-45(66)41(35-17-13-10-14-18-35)62-47(68)43-53(4,5)28-39-64(43)50(70)37(24-26-75-39)60-51(73)54(6,71)56-8/h9-22,31,36-43,55-56,71H,23-30H2,1-8H3,(H,57,65)(H,58,66)(H,59,72)(H,60,73)(H,61,67)(H,62,68)/t31-,36-,37+,38-,39-,40+,41-,42+,43+,54-/m0/s1. The van der Waals surface area contributed by atoms with Crippen LogP contribution in [0.5, 0.6) is 0 Å². The van der Waals surface area contributed by atoms with Gasteiger partial charge in [0.1, 0.15) is 41.2 Å². The number of amides is 6. The summed E-state index contributed by atoms with van der Waals surface area (Å²) in [5.41, 5.74) is -0.0840. The Morgan fingerprint density at radius 1 is 0.680 bits per heavy atom.